The lowest BCUT2D eigenvalue weighted by Gasteiger charge is -2.61. The third-order valence-corrected chi connectivity index (χ3v) is 18.1. The molecule has 1 saturated heterocycles. The highest BCUT2D eigenvalue weighted by atomic mass is 32.1. The second kappa shape index (κ2) is 20.0. The number of carbonyl (C=O) groups is 7. The zero-order chi connectivity index (χ0) is 53.2. The zero-order valence-electron chi connectivity index (χ0n) is 42.9. The molecule has 77 heavy (non-hydrogen) atoms. The van der Waals surface area contributed by atoms with Gasteiger partial charge in [-0.3, -0.25) is 49.0 Å². The molecule has 4 bridgehead atoms. The van der Waals surface area contributed by atoms with Crippen molar-refractivity contribution in [2.45, 2.75) is 110 Å². The number of thiazole rings is 1. The van der Waals surface area contributed by atoms with E-state index in [1.165, 1.54) is 11.3 Å². The quantitative estimate of drug-likeness (QED) is 0.0429. The molecule has 3 aliphatic heterocycles. The Hall–Kier alpha value is -7.80. The Morgan fingerprint density at radius 2 is 1.62 bits per heavy atom. The van der Waals surface area contributed by atoms with Crippen LogP contribution in [0.3, 0.4) is 0 Å². The van der Waals surface area contributed by atoms with Crippen LogP contribution in [0.15, 0.2) is 79.0 Å². The van der Waals surface area contributed by atoms with E-state index in [0.29, 0.717) is 84.3 Å². The van der Waals surface area contributed by atoms with Gasteiger partial charge in [0, 0.05) is 67.2 Å². The summed E-state index contributed by atoms with van der Waals surface area (Å²) in [5.41, 5.74) is 5.81. The van der Waals surface area contributed by atoms with Crippen molar-refractivity contribution in [1.82, 2.24) is 35.3 Å². The molecule has 6 amide bonds. The Bertz CT molecular complexity index is 3390. The van der Waals surface area contributed by atoms with Crippen molar-refractivity contribution in [2.75, 3.05) is 35.2 Å². The summed E-state index contributed by atoms with van der Waals surface area (Å²) in [6, 6.07) is 21.2. The predicted molar refractivity (Wildman–Crippen MR) is 289 cm³/mol. The minimum atomic E-state index is -1.14. The van der Waals surface area contributed by atoms with Crippen molar-refractivity contribution < 1.29 is 38.7 Å². The highest BCUT2D eigenvalue weighted by molar-refractivity contribution is 7.22. The number of hydrogen-bond donors (Lipinski definition) is 5. The molecule has 5 N–H and O–H groups in total. The number of carboxylic acid groups (broad SMARTS) is 1. The van der Waals surface area contributed by atoms with Gasteiger partial charge in [0.15, 0.2) is 10.8 Å². The molecule has 0 radical (unpaired) electrons. The van der Waals surface area contributed by atoms with E-state index in [-0.39, 0.29) is 46.9 Å². The number of carboxylic acids is 1. The van der Waals surface area contributed by atoms with Crippen molar-refractivity contribution >= 4 is 79.6 Å². The van der Waals surface area contributed by atoms with Crippen LogP contribution in [0.5, 0.6) is 0 Å². The number of nitrogens with zero attached hydrogens (tertiary/aromatic N) is 6. The highest BCUT2D eigenvalue weighted by Gasteiger charge is 2.60. The maximum atomic E-state index is 14.3. The number of carbonyl (C=O) groups excluding carboxylic acids is 6. The Morgan fingerprint density at radius 1 is 0.831 bits per heavy atom. The van der Waals surface area contributed by atoms with Crippen LogP contribution in [-0.4, -0.2) is 96.8 Å². The number of hydrogen-bond acceptors (Lipinski definition) is 13. The molecule has 4 aliphatic carbocycles. The number of rotatable bonds is 17. The Morgan fingerprint density at radius 3 is 2.42 bits per heavy atom. The van der Waals surface area contributed by atoms with Gasteiger partial charge in [-0.25, -0.2) is 14.8 Å². The summed E-state index contributed by atoms with van der Waals surface area (Å²) < 4.78 is 3.00. The van der Waals surface area contributed by atoms with Gasteiger partial charge in [-0.15, -0.1) is 0 Å². The smallest absolute Gasteiger partial charge is 0.355 e. The van der Waals surface area contributed by atoms with E-state index in [1.54, 1.807) is 24.4 Å². The predicted octanol–water partition coefficient (Wildman–Crippen LogP) is 8.15. The zero-order valence-corrected chi connectivity index (χ0v) is 43.7. The standard InChI is InChI=1S/C58H60N10O8S/c1-33-40(37-16-18-46(63-49(37)54(74)75)66-23-20-36-10-8-11-38(41(36)30-66)50(70)65-56-62-42-13-4-5-15-45(42)77-56)29-61-67(33)32-57-25-34-24-35(26-57)28-58(27-34,31-57)55(76)60-22-7-3-2-6-21-59-43-14-9-12-39-48(43)53(73)68(52(39)72)44-17-19-47(69)64-51(44)71/h4-5,8-16,18,29,34-35,44,59H,2-3,6-7,17,19-28,30-32H2,1H3,(H,60,76)(H,74,75)(H,62,65,70)(H,64,69,71)/t34?,35?,44?,57-,58-. The molecule has 5 fully saturated rings. The molecular formula is C58H60N10O8S. The van der Waals surface area contributed by atoms with Crippen LogP contribution >= 0.6 is 11.3 Å². The second-order valence-electron chi connectivity index (χ2n) is 22.2. The van der Waals surface area contributed by atoms with Crippen LogP contribution < -0.4 is 26.2 Å². The average molecular weight is 1060 g/mol. The third kappa shape index (κ3) is 9.31. The number of pyridine rings is 1. The molecule has 4 saturated carbocycles. The maximum absolute atomic E-state index is 14.3. The molecule has 6 heterocycles. The summed E-state index contributed by atoms with van der Waals surface area (Å²) >= 11 is 1.42. The van der Waals surface area contributed by atoms with E-state index < -0.39 is 41.1 Å². The first-order chi connectivity index (χ1) is 37.2. The lowest BCUT2D eigenvalue weighted by atomic mass is 9.44. The first kappa shape index (κ1) is 50.0. The summed E-state index contributed by atoms with van der Waals surface area (Å²) in [7, 11) is 0. The van der Waals surface area contributed by atoms with Crippen molar-refractivity contribution in [3.05, 3.63) is 118 Å². The van der Waals surface area contributed by atoms with Gasteiger partial charge in [-0.2, -0.15) is 5.10 Å². The summed E-state index contributed by atoms with van der Waals surface area (Å²) in [5.74, 6) is -1.92. The number of aromatic carboxylic acids is 1. The molecule has 18 nitrogen and oxygen atoms in total. The Kier molecular flexibility index (Phi) is 13.0. The molecule has 3 unspecified atom stereocenters. The molecule has 6 aromatic rings. The van der Waals surface area contributed by atoms with Crippen LogP contribution in [0.2, 0.25) is 0 Å². The maximum Gasteiger partial charge on any atom is 0.355 e. The summed E-state index contributed by atoms with van der Waals surface area (Å²) in [6.45, 7) is 4.79. The number of aromatic nitrogens is 4. The SMILES string of the molecule is Cc1c(-c2ccc(N3CCc4cccc(C(=O)Nc5nc6ccccc6s5)c4C3)nc2C(=O)O)cnn1C[C@]12CC3CC(C1)C[C@](C(=O)NCCCCCCNc1cccc4c1C(=O)N(C1CCC(=O)NC1=O)C4=O)(C3)C2. The summed E-state index contributed by atoms with van der Waals surface area (Å²) in [4.78, 5) is 104. The fraction of sp³-hybridized carbons (Fsp3) is 0.414. The van der Waals surface area contributed by atoms with E-state index in [4.69, 9.17) is 10.1 Å². The number of anilines is 3. The molecule has 3 aromatic carbocycles. The number of imide groups is 2. The third-order valence-electron chi connectivity index (χ3n) is 17.2. The van der Waals surface area contributed by atoms with E-state index in [0.717, 1.165) is 96.1 Å². The number of benzene rings is 3. The van der Waals surface area contributed by atoms with Gasteiger partial charge in [0.25, 0.3) is 17.7 Å². The lowest BCUT2D eigenvalue weighted by molar-refractivity contribution is -0.159. The van der Waals surface area contributed by atoms with Gasteiger partial charge >= 0.3 is 5.97 Å². The van der Waals surface area contributed by atoms with Gasteiger partial charge in [-0.1, -0.05) is 54.5 Å². The number of para-hydroxylation sites is 1. The summed E-state index contributed by atoms with van der Waals surface area (Å²) in [5, 5.41) is 27.9. The highest BCUT2D eigenvalue weighted by Crippen LogP contribution is 2.66. The number of nitrogens with one attached hydrogen (secondary N) is 4. The van der Waals surface area contributed by atoms with Crippen molar-refractivity contribution in [1.29, 1.82) is 0 Å². The van der Waals surface area contributed by atoms with Gasteiger partial charge in [-0.05, 0) is 142 Å². The molecule has 19 heteroatoms. The number of fused-ring (bicyclic) bond motifs is 3. The molecule has 396 valence electrons. The molecule has 3 aromatic heterocycles. The first-order valence-corrected chi connectivity index (χ1v) is 27.7. The van der Waals surface area contributed by atoms with E-state index in [1.807, 2.05) is 71.1 Å². The van der Waals surface area contributed by atoms with E-state index in [9.17, 15) is 38.7 Å². The van der Waals surface area contributed by atoms with Crippen LogP contribution in [0.1, 0.15) is 135 Å². The van der Waals surface area contributed by atoms with Crippen LogP contribution in [-0.2, 0) is 33.9 Å². The van der Waals surface area contributed by atoms with Crippen molar-refractivity contribution in [2.24, 2.45) is 22.7 Å². The second-order valence-corrected chi connectivity index (χ2v) is 23.3. The fourth-order valence-electron chi connectivity index (χ4n) is 14.1. The largest absolute Gasteiger partial charge is 0.476 e. The van der Waals surface area contributed by atoms with Gasteiger partial charge in [0.1, 0.15) is 11.9 Å². The molecule has 7 aliphatic rings. The van der Waals surface area contributed by atoms with Crippen molar-refractivity contribution in [3.8, 4) is 11.1 Å². The number of piperidine rings is 1. The minimum Gasteiger partial charge on any atom is -0.476 e. The lowest BCUT2D eigenvalue weighted by Crippen LogP contribution is -2.58. The van der Waals surface area contributed by atoms with Crippen LogP contribution in [0.4, 0.5) is 16.6 Å². The minimum absolute atomic E-state index is 0.0610. The molecule has 3 atom stereocenters. The van der Waals surface area contributed by atoms with E-state index >= 15 is 0 Å². The fourth-order valence-corrected chi connectivity index (χ4v) is 14.9. The normalized spacial score (nSPS) is 23.3. The monoisotopic (exact) mass is 1060 g/mol. The van der Waals surface area contributed by atoms with Crippen LogP contribution in [0, 0.1) is 29.6 Å². The average Bonchev–Trinajstić information content (AvgIpc) is 4.14. The Labute approximate surface area is 448 Å². The first-order valence-electron chi connectivity index (χ1n) is 26.9. The van der Waals surface area contributed by atoms with Crippen molar-refractivity contribution in [3.63, 3.8) is 0 Å². The molecule has 13 rings (SSSR count). The topological polar surface area (TPSA) is 238 Å². The Balaban J connectivity index is 0.652. The molecular weight excluding hydrogens is 997 g/mol. The van der Waals surface area contributed by atoms with Crippen LogP contribution in [0.25, 0.3) is 21.3 Å². The number of amides is 6. The van der Waals surface area contributed by atoms with E-state index in [2.05, 4.69) is 26.3 Å². The van der Waals surface area contributed by atoms with Gasteiger partial charge in [0.2, 0.25) is 17.7 Å². The van der Waals surface area contributed by atoms with Gasteiger partial charge < -0.3 is 20.6 Å². The van der Waals surface area contributed by atoms with Gasteiger partial charge in [0.05, 0.1) is 33.0 Å². The summed E-state index contributed by atoms with van der Waals surface area (Å²) in [6.07, 6.45) is 11.8. The molecule has 0 spiro atoms. The number of unbranched alkanes of at least 4 members (excludes halogenated alkanes) is 3.